The van der Waals surface area contributed by atoms with Gasteiger partial charge in [0.05, 0.1) is 0 Å². The molecular weight excluding hydrogens is 156 g/mol. The lowest BCUT2D eigenvalue weighted by atomic mass is 9.71. The zero-order valence-corrected chi connectivity index (χ0v) is 9.73. The third kappa shape index (κ3) is 3.32. The molecule has 0 aliphatic heterocycles. The van der Waals surface area contributed by atoms with E-state index in [0.29, 0.717) is 5.41 Å². The fraction of sp³-hybridized carbons (Fsp3) is 1.00. The lowest BCUT2D eigenvalue weighted by Crippen LogP contribution is -2.21. The summed E-state index contributed by atoms with van der Waals surface area (Å²) >= 11 is 0. The molecule has 1 saturated carbocycles. The van der Waals surface area contributed by atoms with E-state index in [1.165, 1.54) is 51.4 Å². The molecule has 0 spiro atoms. The second-order valence-electron chi connectivity index (χ2n) is 5.24. The second-order valence-corrected chi connectivity index (χ2v) is 5.24. The monoisotopic (exact) mass is 182 g/mol. The van der Waals surface area contributed by atoms with Gasteiger partial charge in [0.1, 0.15) is 0 Å². The van der Waals surface area contributed by atoms with Gasteiger partial charge < -0.3 is 0 Å². The van der Waals surface area contributed by atoms with Crippen LogP contribution < -0.4 is 0 Å². The summed E-state index contributed by atoms with van der Waals surface area (Å²) in [4.78, 5) is 0. The van der Waals surface area contributed by atoms with Crippen LogP contribution in [0.15, 0.2) is 0 Å². The lowest BCUT2D eigenvalue weighted by molar-refractivity contribution is 0.178. The van der Waals surface area contributed by atoms with Gasteiger partial charge in [0.15, 0.2) is 0 Å². The molecule has 1 fully saturated rings. The van der Waals surface area contributed by atoms with Crippen LogP contribution in [0.4, 0.5) is 0 Å². The van der Waals surface area contributed by atoms with Crippen molar-refractivity contribution < 1.29 is 0 Å². The zero-order chi connectivity index (χ0) is 9.73. The van der Waals surface area contributed by atoms with Gasteiger partial charge in [-0.2, -0.15) is 0 Å². The zero-order valence-electron chi connectivity index (χ0n) is 9.73. The first kappa shape index (κ1) is 11.1. The molecule has 0 bridgehead atoms. The average Bonchev–Trinajstić information content (AvgIpc) is 2.11. The van der Waals surface area contributed by atoms with Crippen molar-refractivity contribution in [3.05, 3.63) is 0 Å². The van der Waals surface area contributed by atoms with E-state index in [9.17, 15) is 0 Å². The van der Waals surface area contributed by atoms with Crippen LogP contribution in [-0.2, 0) is 0 Å². The summed E-state index contributed by atoms with van der Waals surface area (Å²) in [6, 6.07) is 0. The number of hydrogen-bond acceptors (Lipinski definition) is 0. The van der Waals surface area contributed by atoms with Crippen LogP contribution in [0.2, 0.25) is 0 Å². The van der Waals surface area contributed by atoms with Gasteiger partial charge in [0.25, 0.3) is 0 Å². The summed E-state index contributed by atoms with van der Waals surface area (Å²) in [5.74, 6) is 1.02. The molecule has 1 aliphatic rings. The first-order valence-corrected chi connectivity index (χ1v) is 6.20. The van der Waals surface area contributed by atoms with Gasteiger partial charge in [0, 0.05) is 0 Å². The smallest absolute Gasteiger partial charge is 0.0326 e. The van der Waals surface area contributed by atoms with Crippen molar-refractivity contribution >= 4 is 0 Å². The highest BCUT2D eigenvalue weighted by Crippen LogP contribution is 2.39. The fourth-order valence-corrected chi connectivity index (χ4v) is 2.73. The molecule has 1 rings (SSSR count). The highest BCUT2D eigenvalue weighted by molar-refractivity contribution is 4.78. The summed E-state index contributed by atoms with van der Waals surface area (Å²) in [5.41, 5.74) is 0.668. The van der Waals surface area contributed by atoms with E-state index >= 15 is 0 Å². The van der Waals surface area contributed by atoms with Crippen LogP contribution in [0.5, 0.6) is 0 Å². The van der Waals surface area contributed by atoms with Gasteiger partial charge in [-0.15, -0.1) is 0 Å². The normalized spacial score (nSPS) is 36.7. The maximum absolute atomic E-state index is 2.50. The molecule has 0 amide bonds. The minimum atomic E-state index is 0.668. The predicted molar refractivity (Wildman–Crippen MR) is 59.9 cm³/mol. The Morgan fingerprint density at radius 2 is 1.92 bits per heavy atom. The molecule has 0 saturated heterocycles. The summed E-state index contributed by atoms with van der Waals surface area (Å²) < 4.78 is 0. The van der Waals surface area contributed by atoms with Crippen LogP contribution in [0.1, 0.15) is 72.1 Å². The van der Waals surface area contributed by atoms with Crippen LogP contribution in [-0.4, -0.2) is 0 Å². The van der Waals surface area contributed by atoms with Crippen molar-refractivity contribution in [3.8, 4) is 0 Å². The van der Waals surface area contributed by atoms with E-state index in [0.717, 1.165) is 5.92 Å². The first-order valence-electron chi connectivity index (χ1n) is 6.20. The summed E-state index contributed by atoms with van der Waals surface area (Å²) in [5, 5.41) is 0. The Kier molecular flexibility index (Phi) is 4.28. The predicted octanol–water partition coefficient (Wildman–Crippen LogP) is 4.78. The molecule has 0 aromatic carbocycles. The molecular formula is C13H26. The molecule has 0 aromatic heterocycles. The van der Waals surface area contributed by atoms with Crippen molar-refractivity contribution in [1.82, 2.24) is 0 Å². The summed E-state index contributed by atoms with van der Waals surface area (Å²) in [6.45, 7) is 7.23. The van der Waals surface area contributed by atoms with Crippen LogP contribution in [0, 0.1) is 11.3 Å². The molecule has 78 valence electrons. The average molecular weight is 182 g/mol. The van der Waals surface area contributed by atoms with Gasteiger partial charge in [-0.05, 0) is 24.2 Å². The minimum absolute atomic E-state index is 0.668. The Labute approximate surface area is 84.1 Å². The third-order valence-corrected chi connectivity index (χ3v) is 4.11. The highest BCUT2D eigenvalue weighted by atomic mass is 14.3. The third-order valence-electron chi connectivity index (χ3n) is 4.11. The van der Waals surface area contributed by atoms with E-state index in [1.807, 2.05) is 0 Å². The molecule has 0 nitrogen and oxygen atoms in total. The van der Waals surface area contributed by atoms with Crippen molar-refractivity contribution in [2.24, 2.45) is 11.3 Å². The highest BCUT2D eigenvalue weighted by Gasteiger charge is 2.26. The van der Waals surface area contributed by atoms with E-state index in [4.69, 9.17) is 0 Å². The fourth-order valence-electron chi connectivity index (χ4n) is 2.73. The molecule has 1 aliphatic carbocycles. The Balaban J connectivity index is 2.52. The molecule has 0 N–H and O–H groups in total. The van der Waals surface area contributed by atoms with Crippen molar-refractivity contribution in [1.29, 1.82) is 0 Å². The van der Waals surface area contributed by atoms with Crippen LogP contribution in [0.3, 0.4) is 0 Å². The standard InChI is InChI=1S/C13H26/c1-4-12-9-7-6-8-10-13(3,5-2)11-12/h12H,4-11H2,1-3H3. The van der Waals surface area contributed by atoms with Gasteiger partial charge >= 0.3 is 0 Å². The topological polar surface area (TPSA) is 0 Å². The molecule has 0 radical (unpaired) electrons. The first-order chi connectivity index (χ1) is 6.20. The van der Waals surface area contributed by atoms with Gasteiger partial charge in [-0.1, -0.05) is 59.3 Å². The summed E-state index contributed by atoms with van der Waals surface area (Å²) in [6.07, 6.45) is 11.7. The van der Waals surface area contributed by atoms with E-state index < -0.39 is 0 Å². The summed E-state index contributed by atoms with van der Waals surface area (Å²) in [7, 11) is 0. The van der Waals surface area contributed by atoms with E-state index in [1.54, 1.807) is 0 Å². The van der Waals surface area contributed by atoms with E-state index in [-0.39, 0.29) is 0 Å². The minimum Gasteiger partial charge on any atom is -0.0651 e. The van der Waals surface area contributed by atoms with E-state index in [2.05, 4.69) is 20.8 Å². The number of rotatable bonds is 2. The molecule has 0 heteroatoms. The van der Waals surface area contributed by atoms with Gasteiger partial charge in [-0.25, -0.2) is 0 Å². The molecule has 0 heterocycles. The van der Waals surface area contributed by atoms with Crippen molar-refractivity contribution in [2.45, 2.75) is 72.1 Å². The Bertz CT molecular complexity index is 139. The Morgan fingerprint density at radius 3 is 2.54 bits per heavy atom. The van der Waals surface area contributed by atoms with Crippen LogP contribution >= 0.6 is 0 Å². The quantitative estimate of drug-likeness (QED) is 0.576. The maximum atomic E-state index is 2.50. The second kappa shape index (κ2) is 5.02. The molecule has 2 unspecified atom stereocenters. The SMILES string of the molecule is CCC1CCCCCC(C)(CC)C1. The molecule has 0 aromatic rings. The lowest BCUT2D eigenvalue weighted by Gasteiger charge is -2.34. The van der Waals surface area contributed by atoms with Crippen LogP contribution in [0.25, 0.3) is 0 Å². The Hall–Kier alpha value is 0. The molecule has 2 atom stereocenters. The van der Waals surface area contributed by atoms with Crippen molar-refractivity contribution in [3.63, 3.8) is 0 Å². The molecule has 13 heavy (non-hydrogen) atoms. The largest absolute Gasteiger partial charge is 0.0651 e. The van der Waals surface area contributed by atoms with Gasteiger partial charge in [-0.3, -0.25) is 0 Å². The maximum Gasteiger partial charge on any atom is -0.0326 e. The van der Waals surface area contributed by atoms with Gasteiger partial charge in [0.2, 0.25) is 0 Å². The number of hydrogen-bond donors (Lipinski definition) is 0. The van der Waals surface area contributed by atoms with Crippen molar-refractivity contribution in [2.75, 3.05) is 0 Å². The Morgan fingerprint density at radius 1 is 1.15 bits per heavy atom.